The van der Waals surface area contributed by atoms with Crippen LogP contribution in [0.3, 0.4) is 0 Å². The molecule has 0 aromatic heterocycles. The Morgan fingerprint density at radius 1 is 0.704 bits per heavy atom. The zero-order valence-electron chi connectivity index (χ0n) is 14.7. The highest BCUT2D eigenvalue weighted by molar-refractivity contribution is 8.23. The molecule has 3 aromatic carbocycles. The molecule has 3 aromatic rings. The molecule has 0 radical (unpaired) electrons. The van der Waals surface area contributed by atoms with Crippen LogP contribution in [0.5, 0.6) is 0 Å². The van der Waals surface area contributed by atoms with Crippen LogP contribution in [0.4, 0.5) is 17.1 Å². The van der Waals surface area contributed by atoms with Crippen molar-refractivity contribution in [1.29, 1.82) is 0 Å². The first-order valence-electron chi connectivity index (χ1n) is 9.05. The smallest absolute Gasteiger partial charge is 0.0728 e. The number of benzene rings is 3. The fraction of sp³-hybridized carbons (Fsp3) is 0.130. The quantitative estimate of drug-likeness (QED) is 0.429. The predicted octanol–water partition coefficient (Wildman–Crippen LogP) is 6.03. The molecule has 2 aliphatic heterocycles. The van der Waals surface area contributed by atoms with Crippen LogP contribution in [0.2, 0.25) is 0 Å². The van der Waals surface area contributed by atoms with E-state index >= 15 is 0 Å². The number of hydrogen-bond donors (Lipinski definition) is 1. The fourth-order valence-corrected chi connectivity index (χ4v) is 6.23. The summed E-state index contributed by atoms with van der Waals surface area (Å²) in [6.45, 7) is 0. The predicted molar refractivity (Wildman–Crippen MR) is 118 cm³/mol. The first-order chi connectivity index (χ1) is 13.3. The summed E-state index contributed by atoms with van der Waals surface area (Å²) in [6, 6.07) is 27.8. The standard InChI is InChI=1S/C23H19NOS2/c25-17-14-26-23(27-15-17)22-18-10-4-6-12-20(18)24(16-8-2-1-3-9-16)21-13-7-5-11-19(21)22/h1-13,17,25H,14-15H2. The zero-order valence-corrected chi connectivity index (χ0v) is 16.3. The summed E-state index contributed by atoms with van der Waals surface area (Å²) in [6.07, 6.45) is -0.223. The zero-order chi connectivity index (χ0) is 18.2. The summed E-state index contributed by atoms with van der Waals surface area (Å²) >= 11 is 3.55. The van der Waals surface area contributed by atoms with Crippen LogP contribution in [0.1, 0.15) is 11.1 Å². The topological polar surface area (TPSA) is 23.5 Å². The van der Waals surface area contributed by atoms with Crippen molar-refractivity contribution in [2.24, 2.45) is 0 Å². The first kappa shape index (κ1) is 17.0. The lowest BCUT2D eigenvalue weighted by Crippen LogP contribution is -2.20. The van der Waals surface area contributed by atoms with Gasteiger partial charge in [-0.3, -0.25) is 0 Å². The van der Waals surface area contributed by atoms with E-state index in [-0.39, 0.29) is 6.10 Å². The van der Waals surface area contributed by atoms with E-state index in [0.29, 0.717) is 0 Å². The lowest BCUT2D eigenvalue weighted by atomic mass is 9.91. The van der Waals surface area contributed by atoms with Gasteiger partial charge in [-0.1, -0.05) is 54.6 Å². The monoisotopic (exact) mass is 389 g/mol. The number of para-hydroxylation sites is 3. The molecule has 0 aliphatic carbocycles. The molecule has 0 spiro atoms. The Bertz CT molecular complexity index is 956. The third-order valence-corrected chi connectivity index (χ3v) is 7.60. The normalized spacial score (nSPS) is 18.9. The van der Waals surface area contributed by atoms with Gasteiger partial charge in [0.15, 0.2) is 0 Å². The minimum Gasteiger partial charge on any atom is -0.391 e. The van der Waals surface area contributed by atoms with E-state index in [0.717, 1.165) is 11.5 Å². The number of aliphatic hydroxyl groups is 1. The van der Waals surface area contributed by atoms with Gasteiger partial charge in [-0.25, -0.2) is 0 Å². The summed E-state index contributed by atoms with van der Waals surface area (Å²) in [7, 11) is 0. The van der Waals surface area contributed by atoms with Crippen molar-refractivity contribution in [3.05, 3.63) is 94.2 Å². The highest BCUT2D eigenvalue weighted by Crippen LogP contribution is 2.53. The summed E-state index contributed by atoms with van der Waals surface area (Å²) in [4.78, 5) is 2.35. The van der Waals surface area contributed by atoms with Crippen LogP contribution in [-0.2, 0) is 0 Å². The molecule has 0 bridgehead atoms. The lowest BCUT2D eigenvalue weighted by molar-refractivity contribution is 0.225. The van der Waals surface area contributed by atoms with Gasteiger partial charge in [-0.05, 0) is 24.3 Å². The summed E-state index contributed by atoms with van der Waals surface area (Å²) in [5, 5.41) is 9.93. The summed E-state index contributed by atoms with van der Waals surface area (Å²) in [5.74, 6) is 1.52. The van der Waals surface area contributed by atoms with Crippen molar-refractivity contribution < 1.29 is 5.11 Å². The van der Waals surface area contributed by atoms with Crippen LogP contribution in [0.25, 0.3) is 5.57 Å². The van der Waals surface area contributed by atoms with Crippen molar-refractivity contribution in [3.8, 4) is 0 Å². The van der Waals surface area contributed by atoms with E-state index in [1.54, 1.807) is 23.5 Å². The Hall–Kier alpha value is -2.14. The molecule has 4 heteroatoms. The van der Waals surface area contributed by atoms with Gasteiger partial charge >= 0.3 is 0 Å². The molecule has 2 heterocycles. The Morgan fingerprint density at radius 2 is 1.22 bits per heavy atom. The molecular formula is C23H19NOS2. The molecule has 0 atom stereocenters. The lowest BCUT2D eigenvalue weighted by Gasteiger charge is -2.36. The van der Waals surface area contributed by atoms with E-state index in [9.17, 15) is 5.11 Å². The number of aliphatic hydroxyl groups excluding tert-OH is 1. The summed E-state index contributed by atoms with van der Waals surface area (Å²) < 4.78 is 1.31. The Balaban J connectivity index is 1.77. The molecule has 0 amide bonds. The molecular weight excluding hydrogens is 370 g/mol. The van der Waals surface area contributed by atoms with Gasteiger partial charge in [0.1, 0.15) is 0 Å². The second-order valence-electron chi connectivity index (χ2n) is 6.64. The van der Waals surface area contributed by atoms with Crippen molar-refractivity contribution in [2.75, 3.05) is 16.4 Å². The average Bonchev–Trinajstić information content (AvgIpc) is 2.73. The van der Waals surface area contributed by atoms with E-state index in [1.165, 1.54) is 38.0 Å². The minimum absolute atomic E-state index is 0.223. The van der Waals surface area contributed by atoms with Gasteiger partial charge in [-0.15, -0.1) is 23.5 Å². The van der Waals surface area contributed by atoms with Gasteiger partial charge in [0.2, 0.25) is 0 Å². The van der Waals surface area contributed by atoms with Crippen molar-refractivity contribution in [2.45, 2.75) is 6.10 Å². The first-order valence-corrected chi connectivity index (χ1v) is 11.0. The maximum Gasteiger partial charge on any atom is 0.0728 e. The van der Waals surface area contributed by atoms with Crippen molar-refractivity contribution in [1.82, 2.24) is 0 Å². The van der Waals surface area contributed by atoms with Gasteiger partial charge in [0, 0.05) is 38.1 Å². The van der Waals surface area contributed by atoms with Crippen LogP contribution in [0, 0.1) is 0 Å². The molecule has 134 valence electrons. The van der Waals surface area contributed by atoms with Gasteiger partial charge in [0.05, 0.1) is 17.5 Å². The van der Waals surface area contributed by atoms with Crippen LogP contribution < -0.4 is 4.90 Å². The van der Waals surface area contributed by atoms with Crippen molar-refractivity contribution >= 4 is 46.2 Å². The number of rotatable bonds is 1. The van der Waals surface area contributed by atoms with Crippen LogP contribution >= 0.6 is 23.5 Å². The Morgan fingerprint density at radius 3 is 1.81 bits per heavy atom. The second kappa shape index (κ2) is 7.12. The molecule has 2 nitrogen and oxygen atoms in total. The largest absolute Gasteiger partial charge is 0.391 e. The highest BCUT2D eigenvalue weighted by atomic mass is 32.2. The molecule has 1 N–H and O–H groups in total. The van der Waals surface area contributed by atoms with Gasteiger partial charge in [0.25, 0.3) is 0 Å². The Kier molecular flexibility index (Phi) is 4.48. The van der Waals surface area contributed by atoms with Gasteiger partial charge in [-0.2, -0.15) is 0 Å². The SMILES string of the molecule is OC1CSC(=C2c3ccccc3N(c3ccccc3)c3ccccc32)SC1. The number of hydrogen-bond acceptors (Lipinski definition) is 4. The van der Waals surface area contributed by atoms with Gasteiger partial charge < -0.3 is 10.0 Å². The van der Waals surface area contributed by atoms with E-state index in [4.69, 9.17) is 0 Å². The van der Waals surface area contributed by atoms with E-state index in [1.807, 2.05) is 0 Å². The molecule has 0 saturated carbocycles. The summed E-state index contributed by atoms with van der Waals surface area (Å²) in [5.41, 5.74) is 7.39. The molecule has 27 heavy (non-hydrogen) atoms. The third kappa shape index (κ3) is 2.98. The molecule has 1 fully saturated rings. The number of nitrogens with zero attached hydrogens (tertiary/aromatic N) is 1. The number of thioether (sulfide) groups is 2. The highest BCUT2D eigenvalue weighted by Gasteiger charge is 2.30. The molecule has 5 rings (SSSR count). The van der Waals surface area contributed by atoms with Crippen LogP contribution in [0.15, 0.2) is 83.1 Å². The van der Waals surface area contributed by atoms with Crippen LogP contribution in [-0.4, -0.2) is 22.7 Å². The van der Waals surface area contributed by atoms with E-state index in [2.05, 4.69) is 83.8 Å². The molecule has 0 unspecified atom stereocenters. The van der Waals surface area contributed by atoms with Crippen molar-refractivity contribution in [3.63, 3.8) is 0 Å². The fourth-order valence-electron chi connectivity index (χ4n) is 3.69. The maximum absolute atomic E-state index is 9.93. The minimum atomic E-state index is -0.223. The number of anilines is 3. The molecule has 1 saturated heterocycles. The molecule has 2 aliphatic rings. The number of fused-ring (bicyclic) bond motifs is 2. The Labute approximate surface area is 167 Å². The second-order valence-corrected chi connectivity index (χ2v) is 8.96. The maximum atomic E-state index is 9.93. The third-order valence-electron chi connectivity index (χ3n) is 4.86. The average molecular weight is 390 g/mol. The van der Waals surface area contributed by atoms with E-state index < -0.39 is 0 Å².